The minimum atomic E-state index is -4.95. The first-order valence-corrected chi connectivity index (χ1v) is 4.71. The van der Waals surface area contributed by atoms with Crippen molar-refractivity contribution < 1.29 is 22.7 Å². The van der Waals surface area contributed by atoms with Crippen molar-refractivity contribution in [3.8, 4) is 5.88 Å². The van der Waals surface area contributed by atoms with Gasteiger partial charge in [-0.15, -0.1) is 0 Å². The fourth-order valence-corrected chi connectivity index (χ4v) is 1.20. The Balaban J connectivity index is 2.96. The summed E-state index contributed by atoms with van der Waals surface area (Å²) in [5.74, 6) is -2.17. The molecule has 0 aliphatic rings. The molecule has 1 N–H and O–H groups in total. The second-order valence-corrected chi connectivity index (χ2v) is 3.58. The predicted molar refractivity (Wildman–Crippen MR) is 53.2 cm³/mol. The second kappa shape index (κ2) is 4.69. The minimum Gasteiger partial charge on any atom is -0.480 e. The molecule has 0 aliphatic heterocycles. The molecule has 1 aromatic heterocycles. The van der Waals surface area contributed by atoms with Crippen molar-refractivity contribution in [3.05, 3.63) is 16.7 Å². The fourth-order valence-electron chi connectivity index (χ4n) is 0.872. The lowest BCUT2D eigenvalue weighted by Crippen LogP contribution is -2.30. The molecule has 4 nitrogen and oxygen atoms in total. The number of hydrogen-bond donors (Lipinski definition) is 1. The molecular weight excluding hydrogens is 293 g/mol. The smallest absolute Gasteiger partial charge is 0.471 e. The summed E-state index contributed by atoms with van der Waals surface area (Å²) in [6.07, 6.45) is -3.62. The summed E-state index contributed by atoms with van der Waals surface area (Å²) < 4.78 is 41.1. The number of carbonyl (C=O) groups excluding carboxylic acids is 1. The molecule has 16 heavy (non-hydrogen) atoms. The van der Waals surface area contributed by atoms with Crippen LogP contribution in [0.15, 0.2) is 16.7 Å². The Morgan fingerprint density at radius 3 is 2.69 bits per heavy atom. The van der Waals surface area contributed by atoms with Crippen LogP contribution in [0.1, 0.15) is 0 Å². The summed E-state index contributed by atoms with van der Waals surface area (Å²) >= 11 is 3.02. The highest BCUT2D eigenvalue weighted by Crippen LogP contribution is 2.27. The van der Waals surface area contributed by atoms with Crippen LogP contribution in [-0.4, -0.2) is 24.2 Å². The quantitative estimate of drug-likeness (QED) is 0.912. The molecule has 0 fully saturated rings. The van der Waals surface area contributed by atoms with Crippen LogP contribution in [0.4, 0.5) is 18.9 Å². The molecule has 0 atom stereocenters. The van der Waals surface area contributed by atoms with Gasteiger partial charge in [-0.05, 0) is 22.0 Å². The Bertz CT molecular complexity index is 409. The van der Waals surface area contributed by atoms with E-state index in [9.17, 15) is 18.0 Å². The van der Waals surface area contributed by atoms with Crippen molar-refractivity contribution in [3.63, 3.8) is 0 Å². The van der Waals surface area contributed by atoms with Crippen molar-refractivity contribution >= 4 is 27.5 Å². The van der Waals surface area contributed by atoms with Gasteiger partial charge in [-0.1, -0.05) is 0 Å². The van der Waals surface area contributed by atoms with Gasteiger partial charge in [-0.25, -0.2) is 4.98 Å². The monoisotopic (exact) mass is 298 g/mol. The number of nitrogens with one attached hydrogen (secondary N) is 1. The number of amides is 1. The summed E-state index contributed by atoms with van der Waals surface area (Å²) in [6, 6.07) is 1.26. The van der Waals surface area contributed by atoms with Gasteiger partial charge < -0.3 is 10.1 Å². The maximum absolute atomic E-state index is 12.0. The summed E-state index contributed by atoms with van der Waals surface area (Å²) in [7, 11) is 1.24. The van der Waals surface area contributed by atoms with Crippen LogP contribution >= 0.6 is 15.9 Å². The van der Waals surface area contributed by atoms with Gasteiger partial charge in [0.15, 0.2) is 0 Å². The number of halogens is 4. The van der Waals surface area contributed by atoms with Gasteiger partial charge in [-0.3, -0.25) is 4.79 Å². The number of hydrogen-bond acceptors (Lipinski definition) is 3. The third kappa shape index (κ3) is 3.09. The number of alkyl halides is 3. The molecule has 0 saturated carbocycles. The standard InChI is InChI=1S/C8H6BrF3N2O2/c1-16-6-5(2-4(9)3-13-6)14-7(15)8(10,11)12/h2-3H,1H3,(H,14,15). The maximum atomic E-state index is 12.0. The van der Waals surface area contributed by atoms with E-state index in [4.69, 9.17) is 4.74 Å². The van der Waals surface area contributed by atoms with E-state index in [1.807, 2.05) is 0 Å². The van der Waals surface area contributed by atoms with Crippen molar-refractivity contribution in [2.75, 3.05) is 12.4 Å². The molecule has 1 rings (SSSR count). The SMILES string of the molecule is COc1ncc(Br)cc1NC(=O)C(F)(F)F. The molecule has 1 amide bonds. The Labute approximate surface area is 96.9 Å². The van der Waals surface area contributed by atoms with Crippen LogP contribution in [0.25, 0.3) is 0 Å². The Hall–Kier alpha value is -1.31. The molecule has 0 spiro atoms. The number of nitrogens with zero attached hydrogens (tertiary/aromatic N) is 1. The average molecular weight is 299 g/mol. The normalized spacial score (nSPS) is 11.1. The summed E-state index contributed by atoms with van der Waals surface area (Å²) in [4.78, 5) is 14.4. The van der Waals surface area contributed by atoms with Crippen LogP contribution in [-0.2, 0) is 4.79 Å². The van der Waals surface area contributed by atoms with Gasteiger partial charge >= 0.3 is 12.1 Å². The minimum absolute atomic E-state index is 0.0965. The third-order valence-corrected chi connectivity index (χ3v) is 1.95. The van der Waals surface area contributed by atoms with Crippen LogP contribution in [0.5, 0.6) is 5.88 Å². The predicted octanol–water partition coefficient (Wildman–Crippen LogP) is 2.35. The topological polar surface area (TPSA) is 51.2 Å². The molecule has 1 aromatic rings. The molecule has 0 radical (unpaired) electrons. The maximum Gasteiger partial charge on any atom is 0.471 e. The Morgan fingerprint density at radius 2 is 2.19 bits per heavy atom. The van der Waals surface area contributed by atoms with Gasteiger partial charge in [0.05, 0.1) is 7.11 Å². The molecule has 0 aliphatic carbocycles. The first kappa shape index (κ1) is 12.8. The summed E-state index contributed by atoms with van der Waals surface area (Å²) in [5, 5.41) is 1.66. The van der Waals surface area contributed by atoms with Gasteiger partial charge in [0.1, 0.15) is 5.69 Å². The van der Waals surface area contributed by atoms with E-state index >= 15 is 0 Å². The van der Waals surface area contributed by atoms with E-state index < -0.39 is 12.1 Å². The second-order valence-electron chi connectivity index (χ2n) is 2.66. The molecule has 0 bridgehead atoms. The van der Waals surface area contributed by atoms with Gasteiger partial charge in [-0.2, -0.15) is 13.2 Å². The number of aromatic nitrogens is 1. The number of rotatable bonds is 2. The molecule has 1 heterocycles. The molecule has 0 saturated heterocycles. The molecule has 0 unspecified atom stereocenters. The van der Waals surface area contributed by atoms with Gasteiger partial charge in [0.25, 0.3) is 0 Å². The highest BCUT2D eigenvalue weighted by molar-refractivity contribution is 9.10. The third-order valence-electron chi connectivity index (χ3n) is 1.52. The largest absolute Gasteiger partial charge is 0.480 e. The zero-order valence-corrected chi connectivity index (χ0v) is 9.52. The zero-order valence-electron chi connectivity index (χ0n) is 7.93. The van der Waals surface area contributed by atoms with Gasteiger partial charge in [0, 0.05) is 10.7 Å². The Morgan fingerprint density at radius 1 is 1.56 bits per heavy atom. The molecule has 0 aromatic carbocycles. The number of carbonyl (C=O) groups is 1. The van der Waals surface area contributed by atoms with Crippen molar-refractivity contribution in [1.29, 1.82) is 0 Å². The number of pyridine rings is 1. The highest BCUT2D eigenvalue weighted by Gasteiger charge is 2.39. The first-order chi connectivity index (χ1) is 7.34. The summed E-state index contributed by atoms with van der Waals surface area (Å²) in [5.41, 5.74) is -0.154. The van der Waals surface area contributed by atoms with Crippen LogP contribution < -0.4 is 10.1 Å². The zero-order chi connectivity index (χ0) is 12.3. The highest BCUT2D eigenvalue weighted by atomic mass is 79.9. The van der Waals surface area contributed by atoms with Crippen molar-refractivity contribution in [2.45, 2.75) is 6.18 Å². The number of anilines is 1. The number of ether oxygens (including phenoxy) is 1. The average Bonchev–Trinajstić information content (AvgIpc) is 2.16. The summed E-state index contributed by atoms with van der Waals surface area (Å²) in [6.45, 7) is 0. The Kier molecular flexibility index (Phi) is 3.74. The lowest BCUT2D eigenvalue weighted by molar-refractivity contribution is -0.167. The van der Waals surface area contributed by atoms with E-state index in [2.05, 4.69) is 20.9 Å². The first-order valence-electron chi connectivity index (χ1n) is 3.92. The van der Waals surface area contributed by atoms with E-state index in [1.165, 1.54) is 19.4 Å². The van der Waals surface area contributed by atoms with Gasteiger partial charge in [0.2, 0.25) is 5.88 Å². The van der Waals surface area contributed by atoms with Crippen molar-refractivity contribution in [1.82, 2.24) is 4.98 Å². The van der Waals surface area contributed by atoms with Crippen molar-refractivity contribution in [2.24, 2.45) is 0 Å². The van der Waals surface area contributed by atoms with E-state index in [-0.39, 0.29) is 11.6 Å². The molecule has 88 valence electrons. The molecule has 8 heteroatoms. The fraction of sp³-hybridized carbons (Fsp3) is 0.250. The number of methoxy groups -OCH3 is 1. The van der Waals surface area contributed by atoms with Crippen LogP contribution in [0, 0.1) is 0 Å². The van der Waals surface area contributed by atoms with Crippen LogP contribution in [0.3, 0.4) is 0 Å². The van der Waals surface area contributed by atoms with E-state index in [0.717, 1.165) is 0 Å². The molecular formula is C8H6BrF3N2O2. The van der Waals surface area contributed by atoms with Crippen LogP contribution in [0.2, 0.25) is 0 Å². The van der Waals surface area contributed by atoms with E-state index in [1.54, 1.807) is 5.32 Å². The van der Waals surface area contributed by atoms with E-state index in [0.29, 0.717) is 4.47 Å². The lowest BCUT2D eigenvalue weighted by atomic mass is 10.4. The lowest BCUT2D eigenvalue weighted by Gasteiger charge is -2.10.